The van der Waals surface area contributed by atoms with E-state index in [4.69, 9.17) is 5.73 Å². The summed E-state index contributed by atoms with van der Waals surface area (Å²) in [7, 11) is 0. The Hall–Kier alpha value is -2.48. The van der Waals surface area contributed by atoms with Crippen LogP contribution in [-0.2, 0) is 11.3 Å². The minimum Gasteiger partial charge on any atom is -0.445 e. The lowest BCUT2D eigenvalue weighted by atomic mass is 10.1. The number of primary amides is 1. The number of fused-ring (bicyclic) bond motifs is 1. The number of hydrogen-bond donors (Lipinski definition) is 1. The topological polar surface area (TPSA) is 82.5 Å². The number of rotatable bonds is 3. The van der Waals surface area contributed by atoms with Crippen molar-refractivity contribution in [2.24, 2.45) is 5.73 Å². The largest absolute Gasteiger partial charge is 0.445 e. The quantitative estimate of drug-likeness (QED) is 0.774. The van der Waals surface area contributed by atoms with Crippen molar-refractivity contribution >= 4 is 27.5 Å². The Labute approximate surface area is 132 Å². The van der Waals surface area contributed by atoms with Crippen molar-refractivity contribution in [3.05, 3.63) is 52.6 Å². The average molecular weight is 365 g/mol. The maximum absolute atomic E-state index is 14.1. The van der Waals surface area contributed by atoms with E-state index in [1.54, 1.807) is 16.8 Å². The summed E-state index contributed by atoms with van der Waals surface area (Å²) in [5.41, 5.74) is 7.05. The first kappa shape index (κ1) is 14.5. The summed E-state index contributed by atoms with van der Waals surface area (Å²) >= 11 is 3.37. The first-order valence-corrected chi connectivity index (χ1v) is 7.04. The van der Waals surface area contributed by atoms with E-state index >= 15 is 0 Å². The average Bonchev–Trinajstić information content (AvgIpc) is 2.85. The van der Waals surface area contributed by atoms with Crippen LogP contribution in [0.2, 0.25) is 0 Å². The Balaban J connectivity index is 2.00. The highest BCUT2D eigenvalue weighted by atomic mass is 79.9. The van der Waals surface area contributed by atoms with Gasteiger partial charge in [0.05, 0.1) is 11.2 Å². The first-order valence-electron chi connectivity index (χ1n) is 6.24. The molecule has 3 aromatic rings. The van der Waals surface area contributed by atoms with Crippen molar-refractivity contribution in [2.75, 3.05) is 0 Å². The smallest absolute Gasteiger partial charge is 0.404 e. The zero-order valence-corrected chi connectivity index (χ0v) is 12.7. The number of nitrogens with zero attached hydrogens (tertiary/aromatic N) is 3. The fraction of sp³-hybridized carbons (Fsp3) is 0.0714. The fourth-order valence-electron chi connectivity index (χ4n) is 2.08. The molecule has 0 aliphatic carbocycles. The Bertz CT molecular complexity index is 865. The van der Waals surface area contributed by atoms with Crippen LogP contribution in [0.25, 0.3) is 16.8 Å². The third kappa shape index (κ3) is 2.77. The number of aromatic nitrogens is 3. The normalized spacial score (nSPS) is 10.8. The molecular weight excluding hydrogens is 355 g/mol. The number of ether oxygens (including phenoxy) is 1. The second kappa shape index (κ2) is 5.72. The van der Waals surface area contributed by atoms with Crippen molar-refractivity contribution in [3.63, 3.8) is 0 Å². The van der Waals surface area contributed by atoms with Gasteiger partial charge in [0, 0.05) is 21.8 Å². The van der Waals surface area contributed by atoms with Crippen LogP contribution in [0, 0.1) is 5.82 Å². The zero-order valence-electron chi connectivity index (χ0n) is 11.2. The Morgan fingerprint density at radius 1 is 1.41 bits per heavy atom. The van der Waals surface area contributed by atoms with Gasteiger partial charge in [-0.15, -0.1) is 0 Å². The standard InChI is InChI=1S/C14H10BrFN4O2/c15-10-4-12-13(18-7-19-20(12)5-10)8-1-2-9(11(16)3-8)6-22-14(17)21/h1-5,7H,6H2,(H2,17,21). The third-order valence-corrected chi connectivity index (χ3v) is 3.50. The first-order chi connectivity index (χ1) is 10.5. The zero-order chi connectivity index (χ0) is 15.7. The second-order valence-corrected chi connectivity index (χ2v) is 5.43. The monoisotopic (exact) mass is 364 g/mol. The number of halogens is 2. The van der Waals surface area contributed by atoms with Gasteiger partial charge in [0.1, 0.15) is 18.8 Å². The maximum atomic E-state index is 14.1. The summed E-state index contributed by atoms with van der Waals surface area (Å²) in [6.45, 7) is -0.211. The van der Waals surface area contributed by atoms with E-state index < -0.39 is 11.9 Å². The number of nitrogens with two attached hydrogens (primary N) is 1. The molecule has 0 spiro atoms. The van der Waals surface area contributed by atoms with Crippen molar-refractivity contribution < 1.29 is 13.9 Å². The summed E-state index contributed by atoms with van der Waals surface area (Å²) in [5, 5.41) is 4.09. The number of benzene rings is 1. The van der Waals surface area contributed by atoms with Gasteiger partial charge in [0.2, 0.25) is 0 Å². The molecule has 0 saturated carbocycles. The number of hydrogen-bond acceptors (Lipinski definition) is 4. The minimum atomic E-state index is -0.945. The Kier molecular flexibility index (Phi) is 3.76. The number of amides is 1. The van der Waals surface area contributed by atoms with Gasteiger partial charge in [-0.1, -0.05) is 12.1 Å². The molecule has 0 atom stereocenters. The maximum Gasteiger partial charge on any atom is 0.404 e. The highest BCUT2D eigenvalue weighted by Crippen LogP contribution is 2.26. The molecule has 1 aromatic carbocycles. The highest BCUT2D eigenvalue weighted by Gasteiger charge is 2.11. The minimum absolute atomic E-state index is 0.211. The molecule has 0 unspecified atom stereocenters. The summed E-state index contributed by atoms with van der Waals surface area (Å²) in [6.07, 6.45) is 2.24. The van der Waals surface area contributed by atoms with Crippen molar-refractivity contribution in [1.82, 2.24) is 14.6 Å². The van der Waals surface area contributed by atoms with Crippen LogP contribution in [0.1, 0.15) is 5.56 Å². The predicted molar refractivity (Wildman–Crippen MR) is 80.5 cm³/mol. The molecule has 112 valence electrons. The van der Waals surface area contributed by atoms with E-state index in [2.05, 4.69) is 30.7 Å². The van der Waals surface area contributed by atoms with E-state index in [9.17, 15) is 9.18 Å². The van der Waals surface area contributed by atoms with E-state index in [1.807, 2.05) is 6.07 Å². The van der Waals surface area contributed by atoms with Crippen LogP contribution in [0.3, 0.4) is 0 Å². The summed E-state index contributed by atoms with van der Waals surface area (Å²) < 4.78 is 21.2. The van der Waals surface area contributed by atoms with E-state index in [-0.39, 0.29) is 12.2 Å². The molecule has 2 heterocycles. The summed E-state index contributed by atoms with van der Waals surface area (Å²) in [6, 6.07) is 6.41. The van der Waals surface area contributed by atoms with Crippen molar-refractivity contribution in [2.45, 2.75) is 6.61 Å². The van der Waals surface area contributed by atoms with Gasteiger partial charge in [0.25, 0.3) is 0 Å². The molecule has 0 aliphatic rings. The van der Waals surface area contributed by atoms with Crippen LogP contribution < -0.4 is 5.73 Å². The molecule has 22 heavy (non-hydrogen) atoms. The lowest BCUT2D eigenvalue weighted by molar-refractivity contribution is 0.149. The van der Waals surface area contributed by atoms with Gasteiger partial charge in [-0.05, 0) is 28.1 Å². The SMILES string of the molecule is NC(=O)OCc1ccc(-c2ncnn3cc(Br)cc23)cc1F. The van der Waals surface area contributed by atoms with Gasteiger partial charge < -0.3 is 10.5 Å². The van der Waals surface area contributed by atoms with Gasteiger partial charge in [-0.2, -0.15) is 5.10 Å². The van der Waals surface area contributed by atoms with Crippen molar-refractivity contribution in [3.8, 4) is 11.3 Å². The molecule has 0 radical (unpaired) electrons. The number of carbonyl (C=O) groups excluding carboxylic acids is 1. The van der Waals surface area contributed by atoms with E-state index in [0.29, 0.717) is 11.3 Å². The van der Waals surface area contributed by atoms with Gasteiger partial charge in [-0.25, -0.2) is 18.7 Å². The molecule has 0 saturated heterocycles. The number of carbonyl (C=O) groups is 1. The summed E-state index contributed by atoms with van der Waals surface area (Å²) in [5.74, 6) is -0.499. The lowest BCUT2D eigenvalue weighted by Gasteiger charge is -2.07. The molecule has 2 aromatic heterocycles. The molecule has 8 heteroatoms. The molecule has 1 amide bonds. The van der Waals surface area contributed by atoms with Gasteiger partial charge >= 0.3 is 6.09 Å². The van der Waals surface area contributed by atoms with Crippen LogP contribution >= 0.6 is 15.9 Å². The Morgan fingerprint density at radius 2 is 2.23 bits per heavy atom. The molecule has 0 bridgehead atoms. The van der Waals surface area contributed by atoms with Crippen LogP contribution in [0.15, 0.2) is 41.3 Å². The Morgan fingerprint density at radius 3 is 2.95 bits per heavy atom. The lowest BCUT2D eigenvalue weighted by Crippen LogP contribution is -2.13. The second-order valence-electron chi connectivity index (χ2n) is 4.51. The summed E-state index contributed by atoms with van der Waals surface area (Å²) in [4.78, 5) is 14.8. The fourth-order valence-corrected chi connectivity index (χ4v) is 2.49. The molecule has 6 nitrogen and oxygen atoms in total. The van der Waals surface area contributed by atoms with Crippen molar-refractivity contribution in [1.29, 1.82) is 0 Å². The van der Waals surface area contributed by atoms with Crippen LogP contribution in [0.4, 0.5) is 9.18 Å². The molecule has 3 rings (SSSR count). The van der Waals surface area contributed by atoms with E-state index in [0.717, 1.165) is 9.99 Å². The predicted octanol–water partition coefficient (Wildman–Crippen LogP) is 2.89. The van der Waals surface area contributed by atoms with Crippen LogP contribution in [0.5, 0.6) is 0 Å². The van der Waals surface area contributed by atoms with Gasteiger partial charge in [-0.3, -0.25) is 0 Å². The molecule has 2 N–H and O–H groups in total. The third-order valence-electron chi connectivity index (χ3n) is 3.07. The molecular formula is C14H10BrFN4O2. The van der Waals surface area contributed by atoms with Crippen LogP contribution in [-0.4, -0.2) is 20.7 Å². The molecule has 0 aliphatic heterocycles. The van der Waals surface area contributed by atoms with Gasteiger partial charge in [0.15, 0.2) is 0 Å². The molecule has 0 fully saturated rings. The highest BCUT2D eigenvalue weighted by molar-refractivity contribution is 9.10. The van der Waals surface area contributed by atoms with E-state index in [1.165, 1.54) is 18.5 Å².